The first-order chi connectivity index (χ1) is 7.56. The summed E-state index contributed by atoms with van der Waals surface area (Å²) in [5.41, 5.74) is 0.170. The first-order valence-corrected chi connectivity index (χ1v) is 5.08. The third-order valence-electron chi connectivity index (χ3n) is 2.02. The van der Waals surface area contributed by atoms with Crippen molar-refractivity contribution in [1.29, 1.82) is 0 Å². The highest BCUT2D eigenvalue weighted by molar-refractivity contribution is 6.32. The van der Waals surface area contributed by atoms with Crippen LogP contribution >= 0.6 is 11.6 Å². The van der Waals surface area contributed by atoms with Crippen LogP contribution in [-0.4, -0.2) is 28.0 Å². The molecule has 0 fully saturated rings. The number of carboxylic acids is 1. The second-order valence-corrected chi connectivity index (χ2v) is 3.47. The van der Waals surface area contributed by atoms with E-state index in [0.717, 1.165) is 0 Å². The average Bonchev–Trinajstić information content (AvgIpc) is 2.25. The maximum absolute atomic E-state index is 11.6. The van der Waals surface area contributed by atoms with Crippen molar-refractivity contribution < 1.29 is 14.7 Å². The maximum atomic E-state index is 11.6. The number of aromatic nitrogens is 1. The summed E-state index contributed by atoms with van der Waals surface area (Å²) in [4.78, 5) is 26.1. The van der Waals surface area contributed by atoms with Gasteiger partial charge in [0.1, 0.15) is 11.2 Å². The van der Waals surface area contributed by atoms with Crippen LogP contribution in [0.5, 0.6) is 0 Å². The molecule has 6 heteroatoms. The molecule has 1 amide bonds. The molecule has 2 N–H and O–H groups in total. The molecule has 0 bridgehead atoms. The minimum atomic E-state index is -1.07. The fraction of sp³-hybridized carbons (Fsp3) is 0.300. The van der Waals surface area contributed by atoms with Gasteiger partial charge in [-0.05, 0) is 18.6 Å². The molecular weight excluding hydrogens is 232 g/mol. The number of pyridine rings is 1. The Hall–Kier alpha value is -1.62. The van der Waals surface area contributed by atoms with Crippen molar-refractivity contribution in [2.24, 2.45) is 0 Å². The zero-order chi connectivity index (χ0) is 12.1. The summed E-state index contributed by atoms with van der Waals surface area (Å²) >= 11 is 5.71. The van der Waals surface area contributed by atoms with E-state index in [9.17, 15) is 9.59 Å². The van der Waals surface area contributed by atoms with Crippen LogP contribution in [0.1, 0.15) is 23.7 Å². The van der Waals surface area contributed by atoms with E-state index >= 15 is 0 Å². The third kappa shape index (κ3) is 2.93. The Bertz CT molecular complexity index is 409. The molecule has 0 spiro atoms. The molecule has 0 aliphatic rings. The van der Waals surface area contributed by atoms with Gasteiger partial charge >= 0.3 is 5.97 Å². The zero-order valence-corrected chi connectivity index (χ0v) is 9.36. The predicted octanol–water partition coefficient (Wildman–Crippen LogP) is 1.33. The molecule has 5 nitrogen and oxygen atoms in total. The molecule has 1 aromatic heterocycles. The van der Waals surface area contributed by atoms with Crippen LogP contribution in [0.3, 0.4) is 0 Å². The molecule has 86 valence electrons. The SMILES string of the molecule is CCC(NC(=O)c1cccnc1Cl)C(=O)O. The van der Waals surface area contributed by atoms with Crippen molar-refractivity contribution in [3.63, 3.8) is 0 Å². The number of amides is 1. The van der Waals surface area contributed by atoms with E-state index < -0.39 is 17.9 Å². The van der Waals surface area contributed by atoms with Gasteiger partial charge in [0.2, 0.25) is 0 Å². The van der Waals surface area contributed by atoms with Crippen LogP contribution in [0, 0.1) is 0 Å². The summed E-state index contributed by atoms with van der Waals surface area (Å²) < 4.78 is 0. The predicted molar refractivity (Wildman–Crippen MR) is 58.4 cm³/mol. The molecular formula is C10H11ClN2O3. The van der Waals surface area contributed by atoms with Crippen LogP contribution < -0.4 is 5.32 Å². The van der Waals surface area contributed by atoms with Gasteiger partial charge in [-0.1, -0.05) is 18.5 Å². The average molecular weight is 243 g/mol. The van der Waals surface area contributed by atoms with Gasteiger partial charge in [0, 0.05) is 6.20 Å². The lowest BCUT2D eigenvalue weighted by Crippen LogP contribution is -2.40. The second-order valence-electron chi connectivity index (χ2n) is 3.11. The Balaban J connectivity index is 2.80. The molecule has 1 aromatic rings. The van der Waals surface area contributed by atoms with E-state index in [0.29, 0.717) is 6.42 Å². The first kappa shape index (κ1) is 12.4. The van der Waals surface area contributed by atoms with Crippen LogP contribution in [0.2, 0.25) is 5.15 Å². The minimum Gasteiger partial charge on any atom is -0.480 e. The van der Waals surface area contributed by atoms with Gasteiger partial charge in [-0.3, -0.25) is 4.79 Å². The number of aliphatic carboxylic acids is 1. The van der Waals surface area contributed by atoms with E-state index in [1.807, 2.05) is 0 Å². The summed E-state index contributed by atoms with van der Waals surface area (Å²) in [6.45, 7) is 1.67. The van der Waals surface area contributed by atoms with E-state index in [1.165, 1.54) is 12.3 Å². The van der Waals surface area contributed by atoms with Gasteiger partial charge in [-0.15, -0.1) is 0 Å². The molecule has 0 saturated carbocycles. The maximum Gasteiger partial charge on any atom is 0.326 e. The molecule has 0 aromatic carbocycles. The smallest absolute Gasteiger partial charge is 0.326 e. The quantitative estimate of drug-likeness (QED) is 0.781. The highest BCUT2D eigenvalue weighted by Gasteiger charge is 2.19. The number of nitrogens with zero attached hydrogens (tertiary/aromatic N) is 1. The van der Waals surface area contributed by atoms with Gasteiger partial charge in [-0.25, -0.2) is 9.78 Å². The van der Waals surface area contributed by atoms with Crippen LogP contribution in [0.4, 0.5) is 0 Å². The van der Waals surface area contributed by atoms with Crippen LogP contribution in [0.15, 0.2) is 18.3 Å². The van der Waals surface area contributed by atoms with Gasteiger partial charge in [0.05, 0.1) is 5.56 Å². The third-order valence-corrected chi connectivity index (χ3v) is 2.32. The summed E-state index contributed by atoms with van der Waals surface area (Å²) in [6, 6.07) is 2.13. The summed E-state index contributed by atoms with van der Waals surface area (Å²) in [5.74, 6) is -1.61. The van der Waals surface area contributed by atoms with E-state index in [1.54, 1.807) is 13.0 Å². The van der Waals surface area contributed by atoms with Gasteiger partial charge in [0.15, 0.2) is 0 Å². The number of nitrogens with one attached hydrogen (secondary N) is 1. The molecule has 1 heterocycles. The Kier molecular flexibility index (Phi) is 4.25. The minimum absolute atomic E-state index is 0.0558. The molecule has 1 unspecified atom stereocenters. The molecule has 1 atom stereocenters. The Labute approximate surface area is 97.4 Å². The highest BCUT2D eigenvalue weighted by Crippen LogP contribution is 2.11. The van der Waals surface area contributed by atoms with E-state index in [4.69, 9.17) is 16.7 Å². The molecule has 0 radical (unpaired) electrons. The lowest BCUT2D eigenvalue weighted by molar-refractivity contribution is -0.139. The van der Waals surface area contributed by atoms with Gasteiger partial charge < -0.3 is 10.4 Å². The van der Waals surface area contributed by atoms with Crippen molar-refractivity contribution in [2.75, 3.05) is 0 Å². The lowest BCUT2D eigenvalue weighted by Gasteiger charge is -2.12. The molecule has 0 saturated heterocycles. The van der Waals surface area contributed by atoms with E-state index in [-0.39, 0.29) is 10.7 Å². The Morgan fingerprint density at radius 3 is 2.81 bits per heavy atom. The highest BCUT2D eigenvalue weighted by atomic mass is 35.5. The first-order valence-electron chi connectivity index (χ1n) is 4.70. The monoisotopic (exact) mass is 242 g/mol. The largest absolute Gasteiger partial charge is 0.480 e. The lowest BCUT2D eigenvalue weighted by atomic mass is 10.2. The van der Waals surface area contributed by atoms with Crippen molar-refractivity contribution in [3.8, 4) is 0 Å². The number of carbonyl (C=O) groups excluding carboxylic acids is 1. The van der Waals surface area contributed by atoms with Crippen molar-refractivity contribution in [1.82, 2.24) is 10.3 Å². The fourth-order valence-electron chi connectivity index (χ4n) is 1.13. The van der Waals surface area contributed by atoms with Crippen molar-refractivity contribution in [2.45, 2.75) is 19.4 Å². The fourth-order valence-corrected chi connectivity index (χ4v) is 1.33. The van der Waals surface area contributed by atoms with Crippen LogP contribution in [-0.2, 0) is 4.79 Å². The number of hydrogen-bond donors (Lipinski definition) is 2. The van der Waals surface area contributed by atoms with Gasteiger partial charge in [0.25, 0.3) is 5.91 Å². The van der Waals surface area contributed by atoms with Crippen molar-refractivity contribution in [3.05, 3.63) is 29.0 Å². The summed E-state index contributed by atoms with van der Waals surface area (Å²) in [6.07, 6.45) is 1.76. The standard InChI is InChI=1S/C10H11ClN2O3/c1-2-7(10(15)16)13-9(14)6-4-3-5-12-8(6)11/h3-5,7H,2H2,1H3,(H,13,14)(H,15,16). The number of halogens is 1. The molecule has 1 rings (SSSR count). The summed E-state index contributed by atoms with van der Waals surface area (Å²) in [7, 11) is 0. The molecule has 0 aliphatic heterocycles. The van der Waals surface area contributed by atoms with Gasteiger partial charge in [-0.2, -0.15) is 0 Å². The number of carboxylic acid groups (broad SMARTS) is 1. The zero-order valence-electron chi connectivity index (χ0n) is 8.61. The summed E-state index contributed by atoms with van der Waals surface area (Å²) in [5, 5.41) is 11.2. The Morgan fingerprint density at radius 1 is 1.62 bits per heavy atom. The van der Waals surface area contributed by atoms with Crippen molar-refractivity contribution >= 4 is 23.5 Å². The molecule has 0 aliphatic carbocycles. The number of carbonyl (C=O) groups is 2. The van der Waals surface area contributed by atoms with E-state index in [2.05, 4.69) is 10.3 Å². The normalized spacial score (nSPS) is 11.9. The van der Waals surface area contributed by atoms with Crippen LogP contribution in [0.25, 0.3) is 0 Å². The number of rotatable bonds is 4. The topological polar surface area (TPSA) is 79.3 Å². The second kappa shape index (κ2) is 5.46. The number of hydrogen-bond acceptors (Lipinski definition) is 3. The molecule has 16 heavy (non-hydrogen) atoms. The Morgan fingerprint density at radius 2 is 2.31 bits per heavy atom.